The highest BCUT2D eigenvalue weighted by Gasteiger charge is 2.22. The maximum Gasteiger partial charge on any atom is 0.167 e. The Hall–Kier alpha value is -1.42. The molecule has 4 nitrogen and oxygen atoms in total. The lowest BCUT2D eigenvalue weighted by atomic mass is 9.97. The van der Waals surface area contributed by atoms with E-state index >= 15 is 0 Å². The van der Waals surface area contributed by atoms with Crippen LogP contribution < -0.4 is 14.2 Å². The molecular formula is C13H20O4. The second-order valence-electron chi connectivity index (χ2n) is 4.03. The van der Waals surface area contributed by atoms with Crippen LogP contribution >= 0.6 is 0 Å². The lowest BCUT2D eigenvalue weighted by molar-refractivity contribution is 0.270. The molecule has 1 aromatic rings. The highest BCUT2D eigenvalue weighted by Crippen LogP contribution is 2.44. The van der Waals surface area contributed by atoms with Gasteiger partial charge in [0.15, 0.2) is 11.5 Å². The summed E-state index contributed by atoms with van der Waals surface area (Å²) in [6, 6.07) is 1.74. The molecule has 0 saturated carbocycles. The maximum absolute atomic E-state index is 9.36. The van der Waals surface area contributed by atoms with Crippen molar-refractivity contribution in [2.45, 2.75) is 26.4 Å². The van der Waals surface area contributed by atoms with Gasteiger partial charge in [0, 0.05) is 11.1 Å². The van der Waals surface area contributed by atoms with Gasteiger partial charge < -0.3 is 19.3 Å². The third kappa shape index (κ3) is 2.47. The molecule has 0 radical (unpaired) electrons. The molecule has 17 heavy (non-hydrogen) atoms. The fourth-order valence-corrected chi connectivity index (χ4v) is 1.94. The van der Waals surface area contributed by atoms with Gasteiger partial charge in [0.25, 0.3) is 0 Å². The molecule has 0 aliphatic carbocycles. The topological polar surface area (TPSA) is 47.9 Å². The van der Waals surface area contributed by atoms with Crippen molar-refractivity contribution < 1.29 is 19.3 Å². The van der Waals surface area contributed by atoms with Crippen LogP contribution in [0, 0.1) is 0 Å². The van der Waals surface area contributed by atoms with Crippen molar-refractivity contribution in [2.75, 3.05) is 21.3 Å². The lowest BCUT2D eigenvalue weighted by Crippen LogP contribution is -2.04. The van der Waals surface area contributed by atoms with E-state index < -0.39 is 0 Å². The average Bonchev–Trinajstić information content (AvgIpc) is 2.35. The molecule has 0 aromatic heterocycles. The minimum atomic E-state index is -0.0940. The molecule has 0 bridgehead atoms. The molecule has 1 rings (SSSR count). The van der Waals surface area contributed by atoms with Gasteiger partial charge in [0.2, 0.25) is 0 Å². The van der Waals surface area contributed by atoms with Crippen molar-refractivity contribution in [1.82, 2.24) is 0 Å². The van der Waals surface area contributed by atoms with Gasteiger partial charge >= 0.3 is 0 Å². The normalized spacial score (nSPS) is 10.5. The van der Waals surface area contributed by atoms with E-state index in [1.807, 2.05) is 13.8 Å². The van der Waals surface area contributed by atoms with E-state index in [2.05, 4.69) is 0 Å². The quantitative estimate of drug-likeness (QED) is 0.858. The van der Waals surface area contributed by atoms with Crippen molar-refractivity contribution in [3.05, 3.63) is 17.2 Å². The Bertz CT molecular complexity index is 355. The molecule has 0 heterocycles. The Morgan fingerprint density at radius 1 is 1.06 bits per heavy atom. The second kappa shape index (κ2) is 5.77. The van der Waals surface area contributed by atoms with Gasteiger partial charge in [-0.1, -0.05) is 13.8 Å². The van der Waals surface area contributed by atoms with Gasteiger partial charge in [-0.2, -0.15) is 0 Å². The Morgan fingerprint density at radius 2 is 1.65 bits per heavy atom. The summed E-state index contributed by atoms with van der Waals surface area (Å²) in [7, 11) is 4.77. The largest absolute Gasteiger partial charge is 0.496 e. The van der Waals surface area contributed by atoms with Gasteiger partial charge in [-0.25, -0.2) is 0 Å². The Morgan fingerprint density at radius 3 is 2.00 bits per heavy atom. The summed E-state index contributed by atoms with van der Waals surface area (Å²) < 4.78 is 16.0. The van der Waals surface area contributed by atoms with Gasteiger partial charge in [-0.05, 0) is 12.0 Å². The fourth-order valence-electron chi connectivity index (χ4n) is 1.94. The maximum atomic E-state index is 9.36. The van der Waals surface area contributed by atoms with E-state index in [-0.39, 0.29) is 12.5 Å². The van der Waals surface area contributed by atoms with Crippen LogP contribution in [0.2, 0.25) is 0 Å². The van der Waals surface area contributed by atoms with E-state index in [9.17, 15) is 5.11 Å². The fraction of sp³-hybridized carbons (Fsp3) is 0.538. The van der Waals surface area contributed by atoms with Crippen LogP contribution in [0.5, 0.6) is 17.2 Å². The first-order chi connectivity index (χ1) is 8.10. The number of methoxy groups -OCH3 is 3. The first-order valence-electron chi connectivity index (χ1n) is 5.53. The van der Waals surface area contributed by atoms with Crippen LogP contribution in [0.25, 0.3) is 0 Å². The molecular weight excluding hydrogens is 220 g/mol. The third-order valence-electron chi connectivity index (χ3n) is 2.69. The summed E-state index contributed by atoms with van der Waals surface area (Å²) in [5.74, 6) is 2.15. The Balaban J connectivity index is 3.57. The summed E-state index contributed by atoms with van der Waals surface area (Å²) in [5.41, 5.74) is 1.62. The summed E-state index contributed by atoms with van der Waals surface area (Å²) in [6.07, 6.45) is 0. The van der Waals surface area contributed by atoms with Crippen molar-refractivity contribution in [3.8, 4) is 17.2 Å². The number of hydrogen-bond acceptors (Lipinski definition) is 4. The zero-order valence-electron chi connectivity index (χ0n) is 11.0. The highest BCUT2D eigenvalue weighted by molar-refractivity contribution is 5.59. The number of aliphatic hydroxyl groups is 1. The smallest absolute Gasteiger partial charge is 0.167 e. The molecule has 1 N–H and O–H groups in total. The molecule has 0 amide bonds. The van der Waals surface area contributed by atoms with Crippen LogP contribution in [0.1, 0.15) is 30.9 Å². The SMILES string of the molecule is COc1cc(CO)c(OC)c(C(C)C)c1OC. The monoisotopic (exact) mass is 240 g/mol. The van der Waals surface area contributed by atoms with E-state index in [4.69, 9.17) is 14.2 Å². The predicted octanol–water partition coefficient (Wildman–Crippen LogP) is 2.33. The zero-order valence-corrected chi connectivity index (χ0v) is 11.0. The predicted molar refractivity (Wildman–Crippen MR) is 66.1 cm³/mol. The van der Waals surface area contributed by atoms with Gasteiger partial charge in [0.1, 0.15) is 5.75 Å². The van der Waals surface area contributed by atoms with Gasteiger partial charge in [-0.3, -0.25) is 0 Å². The number of ether oxygens (including phenoxy) is 3. The first kappa shape index (κ1) is 13.6. The zero-order chi connectivity index (χ0) is 13.0. The van der Waals surface area contributed by atoms with Crippen LogP contribution in [0.4, 0.5) is 0 Å². The molecule has 0 aliphatic rings. The third-order valence-corrected chi connectivity index (χ3v) is 2.69. The van der Waals surface area contributed by atoms with Crippen molar-refractivity contribution >= 4 is 0 Å². The Labute approximate surface area is 102 Å². The number of benzene rings is 1. The van der Waals surface area contributed by atoms with E-state index in [1.165, 1.54) is 0 Å². The van der Waals surface area contributed by atoms with E-state index in [1.54, 1.807) is 27.4 Å². The summed E-state index contributed by atoms with van der Waals surface area (Å²) >= 11 is 0. The van der Waals surface area contributed by atoms with Gasteiger partial charge in [-0.15, -0.1) is 0 Å². The molecule has 0 unspecified atom stereocenters. The summed E-state index contributed by atoms with van der Waals surface area (Å²) in [6.45, 7) is 3.99. The minimum absolute atomic E-state index is 0.0940. The summed E-state index contributed by atoms with van der Waals surface area (Å²) in [5, 5.41) is 9.36. The van der Waals surface area contributed by atoms with Crippen molar-refractivity contribution in [3.63, 3.8) is 0 Å². The van der Waals surface area contributed by atoms with E-state index in [0.717, 1.165) is 5.56 Å². The van der Waals surface area contributed by atoms with Gasteiger partial charge in [0.05, 0.1) is 27.9 Å². The minimum Gasteiger partial charge on any atom is -0.496 e. The number of rotatable bonds is 5. The standard InChI is InChI=1S/C13H20O4/c1-8(2)11-12(16-4)9(7-14)6-10(15-3)13(11)17-5/h6,8,14H,7H2,1-5H3. The first-order valence-corrected chi connectivity index (χ1v) is 5.53. The molecule has 1 aromatic carbocycles. The molecule has 0 aliphatic heterocycles. The number of aliphatic hydroxyl groups excluding tert-OH is 1. The molecule has 0 fully saturated rings. The van der Waals surface area contributed by atoms with Crippen molar-refractivity contribution in [2.24, 2.45) is 0 Å². The Kier molecular flexibility index (Phi) is 4.63. The van der Waals surface area contributed by atoms with Crippen LogP contribution in [-0.2, 0) is 6.61 Å². The molecule has 96 valence electrons. The van der Waals surface area contributed by atoms with Crippen LogP contribution in [0.15, 0.2) is 6.07 Å². The highest BCUT2D eigenvalue weighted by atomic mass is 16.5. The molecule has 0 spiro atoms. The second-order valence-corrected chi connectivity index (χ2v) is 4.03. The average molecular weight is 240 g/mol. The van der Waals surface area contributed by atoms with Crippen LogP contribution in [-0.4, -0.2) is 26.4 Å². The number of hydrogen-bond donors (Lipinski definition) is 1. The van der Waals surface area contributed by atoms with Crippen LogP contribution in [0.3, 0.4) is 0 Å². The van der Waals surface area contributed by atoms with Crippen molar-refractivity contribution in [1.29, 1.82) is 0 Å². The van der Waals surface area contributed by atoms with E-state index in [0.29, 0.717) is 22.8 Å². The molecule has 0 atom stereocenters. The summed E-state index contributed by atoms with van der Waals surface area (Å²) in [4.78, 5) is 0. The molecule has 0 saturated heterocycles. The lowest BCUT2D eigenvalue weighted by Gasteiger charge is -2.21. The molecule has 4 heteroatoms.